The lowest BCUT2D eigenvalue weighted by Crippen LogP contribution is -2.61. The molecule has 9 nitrogen and oxygen atoms in total. The van der Waals surface area contributed by atoms with E-state index in [0.717, 1.165) is 23.4 Å². The van der Waals surface area contributed by atoms with Crippen molar-refractivity contribution in [2.75, 3.05) is 32.3 Å². The molecule has 2 heterocycles. The molecule has 33 heavy (non-hydrogen) atoms. The van der Waals surface area contributed by atoms with Gasteiger partial charge in [-0.1, -0.05) is 18.2 Å². The average molecular weight is 478 g/mol. The van der Waals surface area contributed by atoms with E-state index in [9.17, 15) is 22.4 Å². The lowest BCUT2D eigenvalue weighted by molar-refractivity contribution is -0.154. The molecule has 2 aliphatic rings. The Morgan fingerprint density at radius 1 is 1.09 bits per heavy atom. The third kappa shape index (κ3) is 3.21. The van der Waals surface area contributed by atoms with Crippen molar-refractivity contribution in [1.29, 1.82) is 0 Å². The molecule has 2 aromatic carbocycles. The van der Waals surface area contributed by atoms with E-state index in [0.29, 0.717) is 17.0 Å². The summed E-state index contributed by atoms with van der Waals surface area (Å²) in [4.78, 5) is 26.5. The Morgan fingerprint density at radius 3 is 2.36 bits per heavy atom. The van der Waals surface area contributed by atoms with Crippen molar-refractivity contribution < 1.29 is 36.6 Å². The van der Waals surface area contributed by atoms with Gasteiger partial charge in [-0.2, -0.15) is 0 Å². The quantitative estimate of drug-likeness (QED) is 0.609. The fourth-order valence-corrected chi connectivity index (χ4v) is 6.42. The van der Waals surface area contributed by atoms with E-state index in [2.05, 4.69) is 0 Å². The van der Waals surface area contributed by atoms with Crippen molar-refractivity contribution in [3.63, 3.8) is 0 Å². The fourth-order valence-electron chi connectivity index (χ4n) is 4.74. The zero-order chi connectivity index (χ0) is 24.0. The van der Waals surface area contributed by atoms with E-state index >= 15 is 0 Å². The molecule has 11 heteroatoms. The van der Waals surface area contributed by atoms with Crippen LogP contribution in [0.15, 0.2) is 53.4 Å². The number of sulfonamides is 1. The molecule has 0 unspecified atom stereocenters. The fraction of sp³-hybridized carbons (Fsp3) is 0.364. The largest absolute Gasteiger partial charge is 0.497 e. The minimum atomic E-state index is -4.22. The SMILES string of the molecule is COC(=O)N1[C@@H]2[C@H](C[C@@]1(CF)C(=O)OC)c1cc(OC)ccc1N2S(=O)(=O)c1ccccc1. The number of halogens is 1. The highest BCUT2D eigenvalue weighted by atomic mass is 32.2. The van der Waals surface area contributed by atoms with Crippen molar-refractivity contribution in [3.05, 3.63) is 54.1 Å². The molecule has 2 aromatic rings. The third-order valence-electron chi connectivity index (χ3n) is 6.21. The molecule has 0 N–H and O–H groups in total. The second kappa shape index (κ2) is 8.22. The minimum Gasteiger partial charge on any atom is -0.497 e. The molecular formula is C22H23FN2O7S. The van der Waals surface area contributed by atoms with Gasteiger partial charge in [0, 0.05) is 5.92 Å². The first-order chi connectivity index (χ1) is 15.8. The van der Waals surface area contributed by atoms with Crippen LogP contribution in [0.25, 0.3) is 0 Å². The van der Waals surface area contributed by atoms with Crippen molar-refractivity contribution in [1.82, 2.24) is 4.90 Å². The normalized spacial score (nSPS) is 23.6. The van der Waals surface area contributed by atoms with E-state index < -0.39 is 46.4 Å². The molecule has 3 atom stereocenters. The van der Waals surface area contributed by atoms with Gasteiger partial charge in [0.2, 0.25) is 0 Å². The molecule has 1 saturated heterocycles. The number of rotatable bonds is 5. The first-order valence-electron chi connectivity index (χ1n) is 10.1. The Labute approximate surface area is 190 Å². The van der Waals surface area contributed by atoms with Crippen LogP contribution in [0.1, 0.15) is 17.9 Å². The number of alkyl halides is 1. The molecular weight excluding hydrogens is 455 g/mol. The number of hydrogen-bond acceptors (Lipinski definition) is 7. The number of carbonyl (C=O) groups is 2. The van der Waals surface area contributed by atoms with E-state index in [-0.39, 0.29) is 11.3 Å². The highest BCUT2D eigenvalue weighted by molar-refractivity contribution is 7.92. The third-order valence-corrected chi connectivity index (χ3v) is 8.01. The Balaban J connectivity index is 1.99. The average Bonchev–Trinajstić information content (AvgIpc) is 3.35. The van der Waals surface area contributed by atoms with Crippen LogP contribution in [0.5, 0.6) is 5.75 Å². The van der Waals surface area contributed by atoms with Gasteiger partial charge in [0.25, 0.3) is 10.0 Å². The predicted molar refractivity (Wildman–Crippen MR) is 115 cm³/mol. The maximum atomic E-state index is 14.6. The van der Waals surface area contributed by atoms with E-state index in [1.54, 1.807) is 36.4 Å². The van der Waals surface area contributed by atoms with Gasteiger partial charge in [0.05, 0.1) is 31.9 Å². The van der Waals surface area contributed by atoms with E-state index in [1.165, 1.54) is 19.2 Å². The number of likely N-dealkylation sites (tertiary alicyclic amines) is 1. The number of methoxy groups -OCH3 is 3. The summed E-state index contributed by atoms with van der Waals surface area (Å²) in [5.41, 5.74) is -1.24. The van der Waals surface area contributed by atoms with Crippen LogP contribution in [0.2, 0.25) is 0 Å². The Kier molecular flexibility index (Phi) is 5.69. The highest BCUT2D eigenvalue weighted by Crippen LogP contribution is 2.56. The second-order valence-corrected chi connectivity index (χ2v) is 9.57. The van der Waals surface area contributed by atoms with Crippen LogP contribution in [-0.2, 0) is 24.3 Å². The van der Waals surface area contributed by atoms with Gasteiger partial charge in [-0.3, -0.25) is 4.90 Å². The van der Waals surface area contributed by atoms with Gasteiger partial charge >= 0.3 is 12.1 Å². The van der Waals surface area contributed by atoms with Gasteiger partial charge in [0.1, 0.15) is 18.6 Å². The summed E-state index contributed by atoms with van der Waals surface area (Å²) in [7, 11) is -0.600. The number of anilines is 1. The van der Waals surface area contributed by atoms with Gasteiger partial charge < -0.3 is 14.2 Å². The molecule has 4 rings (SSSR count). The lowest BCUT2D eigenvalue weighted by Gasteiger charge is -2.39. The molecule has 2 aliphatic heterocycles. The van der Waals surface area contributed by atoms with E-state index in [4.69, 9.17) is 14.2 Å². The molecule has 0 bridgehead atoms. The van der Waals surface area contributed by atoms with Crippen molar-refractivity contribution in [2.24, 2.45) is 0 Å². The topological polar surface area (TPSA) is 102 Å². The molecule has 1 amide bonds. The summed E-state index contributed by atoms with van der Waals surface area (Å²) >= 11 is 0. The first-order valence-corrected chi connectivity index (χ1v) is 11.5. The summed E-state index contributed by atoms with van der Waals surface area (Å²) in [6.07, 6.45) is -2.49. The van der Waals surface area contributed by atoms with Crippen LogP contribution in [0, 0.1) is 0 Å². The number of benzene rings is 2. The lowest BCUT2D eigenvalue weighted by atomic mass is 9.89. The van der Waals surface area contributed by atoms with Crippen LogP contribution in [0.4, 0.5) is 14.9 Å². The Bertz CT molecular complexity index is 1190. The maximum Gasteiger partial charge on any atom is 0.412 e. The van der Waals surface area contributed by atoms with Crippen LogP contribution in [0.3, 0.4) is 0 Å². The van der Waals surface area contributed by atoms with Gasteiger partial charge in [-0.15, -0.1) is 0 Å². The number of nitrogens with zero attached hydrogens (tertiary/aromatic N) is 2. The van der Waals surface area contributed by atoms with E-state index in [1.807, 2.05) is 0 Å². The number of hydrogen-bond donors (Lipinski definition) is 0. The molecule has 0 aromatic heterocycles. The Hall–Kier alpha value is -3.34. The number of ether oxygens (including phenoxy) is 3. The zero-order valence-corrected chi connectivity index (χ0v) is 19.0. The predicted octanol–water partition coefficient (Wildman–Crippen LogP) is 2.67. The van der Waals surface area contributed by atoms with Crippen molar-refractivity contribution in [2.45, 2.75) is 28.9 Å². The first kappa shape index (κ1) is 22.8. The minimum absolute atomic E-state index is 0.0203. The van der Waals surface area contributed by atoms with Crippen LogP contribution < -0.4 is 9.04 Å². The summed E-state index contributed by atoms with van der Waals surface area (Å²) in [5.74, 6) is -1.28. The number of fused-ring (bicyclic) bond motifs is 3. The smallest absolute Gasteiger partial charge is 0.412 e. The molecule has 176 valence electrons. The van der Waals surface area contributed by atoms with Crippen LogP contribution >= 0.6 is 0 Å². The summed E-state index contributed by atoms with van der Waals surface area (Å²) in [6, 6.07) is 12.5. The van der Waals surface area contributed by atoms with Crippen molar-refractivity contribution in [3.8, 4) is 5.75 Å². The monoisotopic (exact) mass is 478 g/mol. The summed E-state index contributed by atoms with van der Waals surface area (Å²) < 4.78 is 58.2. The highest BCUT2D eigenvalue weighted by Gasteiger charge is 2.66. The Morgan fingerprint density at radius 2 is 1.79 bits per heavy atom. The molecule has 0 aliphatic carbocycles. The standard InChI is InChI=1S/C22H23FN2O7S/c1-30-14-9-10-18-16(11-14)17-12-22(13-23,20(26)31-2)24(21(27)32-3)19(17)25(18)33(28,29)15-7-5-4-6-8-15/h4-11,17,19H,12-13H2,1-3H3/t17-,19+,22-/m1/s1. The zero-order valence-electron chi connectivity index (χ0n) is 18.2. The van der Waals surface area contributed by atoms with Crippen molar-refractivity contribution >= 4 is 27.8 Å². The molecule has 1 fully saturated rings. The summed E-state index contributed by atoms with van der Waals surface area (Å²) in [5, 5.41) is 0. The molecule has 0 saturated carbocycles. The molecule has 0 radical (unpaired) electrons. The van der Waals surface area contributed by atoms with Crippen LogP contribution in [-0.4, -0.2) is 65.1 Å². The summed E-state index contributed by atoms with van der Waals surface area (Å²) in [6.45, 7) is -1.28. The van der Waals surface area contributed by atoms with Gasteiger partial charge in [0.15, 0.2) is 5.54 Å². The maximum absolute atomic E-state index is 14.6. The van der Waals surface area contributed by atoms with Gasteiger partial charge in [-0.05, 0) is 42.3 Å². The number of esters is 1. The number of amides is 1. The second-order valence-electron chi connectivity index (χ2n) is 7.76. The number of carbonyl (C=O) groups excluding carboxylic acids is 2. The molecule has 0 spiro atoms. The van der Waals surface area contributed by atoms with Gasteiger partial charge in [-0.25, -0.2) is 26.7 Å².